The van der Waals surface area contributed by atoms with Crippen LogP contribution in [0.2, 0.25) is 0 Å². The molecule has 2 aliphatic rings. The standard InChI is InChI=1S/C26H29F4N3O2/c1-17(2)14-22-24(35)33(16-18-6-5-7-19(15-18)26(28,29)30)25(31-22)10-12-32(13-11-25)23(34)20-8-3-4-9-21(20)27/h3-9,15,17,22,31H,10-14,16H2,1-2H3/t22-/m1/s1. The highest BCUT2D eigenvalue weighted by Crippen LogP contribution is 2.36. The van der Waals surface area contributed by atoms with Crippen molar-refractivity contribution in [3.05, 3.63) is 71.0 Å². The number of benzene rings is 2. The van der Waals surface area contributed by atoms with Crippen LogP contribution in [0.5, 0.6) is 0 Å². The minimum atomic E-state index is -4.47. The van der Waals surface area contributed by atoms with Crippen molar-refractivity contribution in [2.24, 2.45) is 5.92 Å². The van der Waals surface area contributed by atoms with Crippen LogP contribution < -0.4 is 5.32 Å². The first-order valence-corrected chi connectivity index (χ1v) is 11.8. The van der Waals surface area contributed by atoms with Gasteiger partial charge in [0.15, 0.2) is 0 Å². The first-order chi connectivity index (χ1) is 16.5. The fraction of sp³-hybridized carbons (Fsp3) is 0.462. The summed E-state index contributed by atoms with van der Waals surface area (Å²) in [7, 11) is 0. The summed E-state index contributed by atoms with van der Waals surface area (Å²) >= 11 is 0. The van der Waals surface area contributed by atoms with Crippen LogP contribution in [0.15, 0.2) is 48.5 Å². The zero-order chi connectivity index (χ0) is 25.4. The van der Waals surface area contributed by atoms with Gasteiger partial charge in [-0.1, -0.05) is 38.1 Å². The minimum Gasteiger partial charge on any atom is -0.338 e. The smallest absolute Gasteiger partial charge is 0.338 e. The maximum absolute atomic E-state index is 14.1. The molecular weight excluding hydrogens is 462 g/mol. The molecule has 5 nitrogen and oxygen atoms in total. The molecule has 0 aromatic heterocycles. The highest BCUT2D eigenvalue weighted by molar-refractivity contribution is 5.94. The molecule has 2 fully saturated rings. The normalized spacial score (nSPS) is 20.2. The average Bonchev–Trinajstić information content (AvgIpc) is 3.04. The number of alkyl halides is 3. The Balaban J connectivity index is 1.56. The van der Waals surface area contributed by atoms with Gasteiger partial charge in [0.2, 0.25) is 5.91 Å². The lowest BCUT2D eigenvalue weighted by atomic mass is 9.94. The molecule has 1 N–H and O–H groups in total. The molecule has 2 aromatic rings. The number of hydrogen-bond acceptors (Lipinski definition) is 3. The lowest BCUT2D eigenvalue weighted by Crippen LogP contribution is -2.59. The molecule has 2 aromatic carbocycles. The maximum Gasteiger partial charge on any atom is 0.416 e. The van der Waals surface area contributed by atoms with Crippen LogP contribution in [0.1, 0.15) is 54.6 Å². The van der Waals surface area contributed by atoms with Crippen molar-refractivity contribution in [2.45, 2.75) is 57.5 Å². The van der Waals surface area contributed by atoms with Gasteiger partial charge >= 0.3 is 6.18 Å². The molecule has 2 aliphatic heterocycles. The molecule has 1 atom stereocenters. The number of nitrogens with zero attached hydrogens (tertiary/aromatic N) is 2. The summed E-state index contributed by atoms with van der Waals surface area (Å²) in [6, 6.07) is 10.4. The molecule has 0 aliphatic carbocycles. The average molecular weight is 492 g/mol. The van der Waals surface area contributed by atoms with Crippen LogP contribution in [-0.2, 0) is 17.5 Å². The van der Waals surface area contributed by atoms with Gasteiger partial charge in [-0.25, -0.2) is 4.39 Å². The minimum absolute atomic E-state index is 0.00239. The number of hydrogen-bond donors (Lipinski definition) is 1. The zero-order valence-electron chi connectivity index (χ0n) is 19.7. The van der Waals surface area contributed by atoms with Crippen LogP contribution in [-0.4, -0.2) is 46.4 Å². The van der Waals surface area contributed by atoms with Crippen LogP contribution in [0, 0.1) is 11.7 Å². The maximum atomic E-state index is 14.1. The topological polar surface area (TPSA) is 52.7 Å². The number of nitrogens with one attached hydrogen (secondary N) is 1. The predicted octanol–water partition coefficient (Wildman–Crippen LogP) is 4.82. The first kappa shape index (κ1) is 25.2. The van der Waals surface area contributed by atoms with Crippen LogP contribution in [0.3, 0.4) is 0 Å². The summed E-state index contributed by atoms with van der Waals surface area (Å²) in [6.45, 7) is 4.63. The molecule has 2 heterocycles. The largest absolute Gasteiger partial charge is 0.416 e. The molecule has 2 saturated heterocycles. The summed E-state index contributed by atoms with van der Waals surface area (Å²) in [5, 5.41) is 3.46. The lowest BCUT2D eigenvalue weighted by molar-refractivity contribution is -0.137. The van der Waals surface area contributed by atoms with E-state index < -0.39 is 35.2 Å². The predicted molar refractivity (Wildman–Crippen MR) is 123 cm³/mol. The second kappa shape index (κ2) is 9.60. The molecule has 0 unspecified atom stereocenters. The highest BCUT2D eigenvalue weighted by atomic mass is 19.4. The summed E-state index contributed by atoms with van der Waals surface area (Å²) in [5.41, 5.74) is -1.15. The number of halogens is 4. The van der Waals surface area contributed by atoms with Crippen molar-refractivity contribution in [2.75, 3.05) is 13.1 Å². The highest BCUT2D eigenvalue weighted by Gasteiger charge is 2.51. The summed E-state index contributed by atoms with van der Waals surface area (Å²) < 4.78 is 53.9. The summed E-state index contributed by atoms with van der Waals surface area (Å²) in [5.74, 6) is -0.907. The Morgan fingerprint density at radius 2 is 1.80 bits per heavy atom. The third-order valence-corrected chi connectivity index (χ3v) is 6.81. The Morgan fingerprint density at radius 1 is 1.11 bits per heavy atom. The Bertz CT molecular complexity index is 1090. The van der Waals surface area contributed by atoms with Gasteiger partial charge in [-0.05, 0) is 42.2 Å². The van der Waals surface area contributed by atoms with E-state index in [1.165, 1.54) is 24.3 Å². The van der Waals surface area contributed by atoms with E-state index in [4.69, 9.17) is 0 Å². The van der Waals surface area contributed by atoms with Crippen molar-refractivity contribution in [1.82, 2.24) is 15.1 Å². The van der Waals surface area contributed by atoms with Crippen LogP contribution in [0.4, 0.5) is 17.6 Å². The third-order valence-electron chi connectivity index (χ3n) is 6.81. The van der Waals surface area contributed by atoms with Gasteiger partial charge < -0.3 is 9.80 Å². The summed E-state index contributed by atoms with van der Waals surface area (Å²) in [6.07, 6.45) is -3.09. The Hall–Kier alpha value is -2.94. The van der Waals surface area contributed by atoms with Gasteiger partial charge in [0, 0.05) is 32.5 Å². The third kappa shape index (κ3) is 5.19. The van der Waals surface area contributed by atoms with Crippen LogP contribution >= 0.6 is 0 Å². The van der Waals surface area contributed by atoms with E-state index in [0.717, 1.165) is 12.1 Å². The molecule has 9 heteroatoms. The number of carbonyl (C=O) groups excluding carboxylic acids is 2. The van der Waals surface area contributed by atoms with E-state index in [1.54, 1.807) is 21.9 Å². The van der Waals surface area contributed by atoms with Gasteiger partial charge in [-0.3, -0.25) is 14.9 Å². The fourth-order valence-corrected chi connectivity index (χ4v) is 5.05. The lowest BCUT2D eigenvalue weighted by Gasteiger charge is -2.44. The number of carbonyl (C=O) groups is 2. The molecule has 1 spiro atoms. The number of rotatable bonds is 5. The second-order valence-corrected chi connectivity index (χ2v) is 9.75. The second-order valence-electron chi connectivity index (χ2n) is 9.75. The summed E-state index contributed by atoms with van der Waals surface area (Å²) in [4.78, 5) is 29.5. The molecular formula is C26H29F4N3O2. The van der Waals surface area contributed by atoms with E-state index in [-0.39, 0.29) is 23.9 Å². The van der Waals surface area contributed by atoms with E-state index in [1.807, 2.05) is 13.8 Å². The molecule has 2 amide bonds. The molecule has 188 valence electrons. The van der Waals surface area contributed by atoms with Crippen LogP contribution in [0.25, 0.3) is 0 Å². The van der Waals surface area contributed by atoms with E-state index in [9.17, 15) is 27.2 Å². The quantitative estimate of drug-likeness (QED) is 0.610. The van der Waals surface area contributed by atoms with Gasteiger partial charge in [0.05, 0.1) is 22.8 Å². The fourth-order valence-electron chi connectivity index (χ4n) is 5.05. The molecule has 0 radical (unpaired) electrons. The molecule has 35 heavy (non-hydrogen) atoms. The first-order valence-electron chi connectivity index (χ1n) is 11.8. The number of amides is 2. The Labute approximate surface area is 202 Å². The van der Waals surface area contributed by atoms with E-state index in [0.29, 0.717) is 37.9 Å². The van der Waals surface area contributed by atoms with E-state index in [2.05, 4.69) is 5.32 Å². The van der Waals surface area contributed by atoms with Crippen molar-refractivity contribution >= 4 is 11.8 Å². The van der Waals surface area contributed by atoms with Gasteiger partial charge in [-0.15, -0.1) is 0 Å². The van der Waals surface area contributed by atoms with Gasteiger partial charge in [0.25, 0.3) is 5.91 Å². The number of likely N-dealkylation sites (tertiary alicyclic amines) is 1. The van der Waals surface area contributed by atoms with E-state index >= 15 is 0 Å². The molecule has 0 bridgehead atoms. The van der Waals surface area contributed by atoms with Gasteiger partial charge in [0.1, 0.15) is 5.82 Å². The monoisotopic (exact) mass is 491 g/mol. The number of piperidine rings is 1. The van der Waals surface area contributed by atoms with Crippen molar-refractivity contribution in [3.8, 4) is 0 Å². The zero-order valence-corrected chi connectivity index (χ0v) is 19.7. The van der Waals surface area contributed by atoms with Crippen molar-refractivity contribution in [1.29, 1.82) is 0 Å². The Morgan fingerprint density at radius 3 is 2.43 bits per heavy atom. The SMILES string of the molecule is CC(C)C[C@H]1NC2(CCN(C(=O)c3ccccc3F)CC2)N(Cc2cccc(C(F)(F)F)c2)C1=O. The van der Waals surface area contributed by atoms with Gasteiger partial charge in [-0.2, -0.15) is 13.2 Å². The van der Waals surface area contributed by atoms with Crippen molar-refractivity contribution < 1.29 is 27.2 Å². The molecule has 0 saturated carbocycles. The molecule has 4 rings (SSSR count). The Kier molecular flexibility index (Phi) is 6.90. The van der Waals surface area contributed by atoms with Crippen molar-refractivity contribution in [3.63, 3.8) is 0 Å².